The van der Waals surface area contributed by atoms with Crippen molar-refractivity contribution in [3.8, 4) is 5.88 Å². The van der Waals surface area contributed by atoms with E-state index < -0.39 is 66.7 Å². The number of aromatic amines is 1. The third-order valence-corrected chi connectivity index (χ3v) is 6.85. The molecule has 6 nitrogen and oxygen atoms in total. The van der Waals surface area contributed by atoms with E-state index in [0.717, 1.165) is 6.20 Å². The van der Waals surface area contributed by atoms with Gasteiger partial charge in [-0.25, -0.2) is 26.9 Å². The van der Waals surface area contributed by atoms with Gasteiger partial charge in [-0.15, -0.1) is 0 Å². The minimum absolute atomic E-state index is 0.0257. The lowest BCUT2D eigenvalue weighted by Crippen LogP contribution is -2.49. The van der Waals surface area contributed by atoms with Crippen molar-refractivity contribution in [1.82, 2.24) is 19.8 Å². The summed E-state index contributed by atoms with van der Waals surface area (Å²) in [5.74, 6) is -6.78. The SMILES string of the molecule is C[C@@H]1Cc2c([nH]c3ccc(F)cc23)C(c2c(F)cnc(OCCN(C)CCCF)c2F)N1CC(F)(F)CO. The van der Waals surface area contributed by atoms with E-state index in [1.54, 1.807) is 18.9 Å². The Morgan fingerprint density at radius 2 is 2.00 bits per heavy atom. The van der Waals surface area contributed by atoms with E-state index in [0.29, 0.717) is 36.0 Å². The number of H-pyrrole nitrogens is 1. The van der Waals surface area contributed by atoms with Crippen LogP contribution in [0.25, 0.3) is 10.9 Å². The standard InChI is InChI=1S/C26H30F6N4O2/c1-15-10-18-17-11-16(28)4-5-20(17)34-23(18)24(36(15)13-26(31,32)14-37)21-19(29)12-33-25(22(21)30)38-9-8-35(2)7-3-6-27/h4-5,11-12,15,24,34,37H,3,6-10,13-14H2,1-2H3/t15-,24?/m1/s1. The molecule has 1 aliphatic rings. The Balaban J connectivity index is 1.77. The van der Waals surface area contributed by atoms with Crippen molar-refractivity contribution in [2.24, 2.45) is 0 Å². The number of hydrogen-bond donors (Lipinski definition) is 2. The number of rotatable bonds is 11. The molecule has 208 valence electrons. The first kappa shape index (κ1) is 28.2. The van der Waals surface area contributed by atoms with Gasteiger partial charge in [0.15, 0.2) is 5.82 Å². The summed E-state index contributed by atoms with van der Waals surface area (Å²) in [7, 11) is 1.74. The number of halogens is 6. The summed E-state index contributed by atoms with van der Waals surface area (Å²) in [6, 6.07) is 1.99. The molecule has 0 amide bonds. The number of aliphatic hydroxyl groups excluding tert-OH is 1. The number of benzene rings is 1. The number of alkyl halides is 3. The van der Waals surface area contributed by atoms with E-state index in [2.05, 4.69) is 9.97 Å². The second kappa shape index (κ2) is 11.5. The van der Waals surface area contributed by atoms with Gasteiger partial charge in [0.25, 0.3) is 11.8 Å². The van der Waals surface area contributed by atoms with E-state index in [-0.39, 0.29) is 18.7 Å². The Morgan fingerprint density at radius 3 is 2.71 bits per heavy atom. The average molecular weight is 545 g/mol. The van der Waals surface area contributed by atoms with Crippen molar-refractivity contribution < 1.29 is 36.2 Å². The molecule has 0 bridgehead atoms. The van der Waals surface area contributed by atoms with Gasteiger partial charge in [-0.1, -0.05) is 0 Å². The summed E-state index contributed by atoms with van der Waals surface area (Å²) in [4.78, 5) is 9.77. The molecule has 0 radical (unpaired) electrons. The van der Waals surface area contributed by atoms with Gasteiger partial charge in [0.05, 0.1) is 31.0 Å². The number of nitrogens with zero attached hydrogens (tertiary/aromatic N) is 3. The Labute approximate surface area is 216 Å². The number of hydrogen-bond acceptors (Lipinski definition) is 5. The van der Waals surface area contributed by atoms with Gasteiger partial charge in [-0.3, -0.25) is 9.29 Å². The summed E-state index contributed by atoms with van der Waals surface area (Å²) < 4.78 is 91.9. The lowest BCUT2D eigenvalue weighted by atomic mass is 9.88. The number of pyridine rings is 1. The van der Waals surface area contributed by atoms with Crippen molar-refractivity contribution >= 4 is 10.9 Å². The van der Waals surface area contributed by atoms with Crippen molar-refractivity contribution in [1.29, 1.82) is 0 Å². The minimum atomic E-state index is -3.55. The Kier molecular flexibility index (Phi) is 8.53. The molecule has 1 aliphatic heterocycles. The number of aliphatic hydroxyl groups is 1. The van der Waals surface area contributed by atoms with Gasteiger partial charge in [-0.2, -0.15) is 0 Å². The van der Waals surface area contributed by atoms with E-state index in [9.17, 15) is 22.7 Å². The maximum Gasteiger partial charge on any atom is 0.283 e. The Bertz CT molecular complexity index is 1270. The fourth-order valence-corrected chi connectivity index (χ4v) is 4.95. The second-order valence-corrected chi connectivity index (χ2v) is 9.68. The normalized spacial score (nSPS) is 18.4. The highest BCUT2D eigenvalue weighted by molar-refractivity contribution is 5.85. The van der Waals surface area contributed by atoms with Crippen molar-refractivity contribution in [3.05, 3.63) is 58.7 Å². The maximum absolute atomic E-state index is 15.8. The molecule has 0 spiro atoms. The third-order valence-electron chi connectivity index (χ3n) is 6.85. The Morgan fingerprint density at radius 1 is 1.24 bits per heavy atom. The van der Waals surface area contributed by atoms with Gasteiger partial charge < -0.3 is 19.7 Å². The second-order valence-electron chi connectivity index (χ2n) is 9.68. The number of fused-ring (bicyclic) bond motifs is 3. The van der Waals surface area contributed by atoms with Crippen LogP contribution in [0, 0.1) is 17.5 Å². The van der Waals surface area contributed by atoms with E-state index in [1.807, 2.05) is 0 Å². The topological polar surface area (TPSA) is 64.6 Å². The molecule has 2 atom stereocenters. The monoisotopic (exact) mass is 544 g/mol. The zero-order valence-corrected chi connectivity index (χ0v) is 21.1. The zero-order valence-electron chi connectivity index (χ0n) is 21.1. The van der Waals surface area contributed by atoms with Gasteiger partial charge in [0.2, 0.25) is 0 Å². The molecule has 4 rings (SSSR count). The molecule has 3 heterocycles. The van der Waals surface area contributed by atoms with Gasteiger partial charge in [0, 0.05) is 35.7 Å². The molecule has 0 fully saturated rings. The van der Waals surface area contributed by atoms with Gasteiger partial charge in [-0.05, 0) is 50.6 Å². The predicted molar refractivity (Wildman–Crippen MR) is 130 cm³/mol. The van der Waals surface area contributed by atoms with Crippen LogP contribution in [-0.4, -0.2) is 83.4 Å². The highest BCUT2D eigenvalue weighted by Crippen LogP contribution is 2.44. The van der Waals surface area contributed by atoms with Crippen LogP contribution >= 0.6 is 0 Å². The van der Waals surface area contributed by atoms with Gasteiger partial charge in [0.1, 0.15) is 24.8 Å². The molecule has 0 saturated carbocycles. The number of ether oxygens (including phenoxy) is 1. The van der Waals surface area contributed by atoms with E-state index >= 15 is 8.78 Å². The van der Waals surface area contributed by atoms with Crippen LogP contribution in [0.3, 0.4) is 0 Å². The van der Waals surface area contributed by atoms with Crippen LogP contribution in [0.2, 0.25) is 0 Å². The highest BCUT2D eigenvalue weighted by Gasteiger charge is 2.44. The zero-order chi connectivity index (χ0) is 27.6. The van der Waals surface area contributed by atoms with E-state index in [1.165, 1.54) is 23.1 Å². The predicted octanol–water partition coefficient (Wildman–Crippen LogP) is 4.61. The largest absolute Gasteiger partial charge is 0.474 e. The minimum Gasteiger partial charge on any atom is -0.474 e. The first-order valence-corrected chi connectivity index (χ1v) is 12.3. The summed E-state index contributed by atoms with van der Waals surface area (Å²) in [6.07, 6.45) is 1.30. The van der Waals surface area contributed by atoms with Crippen LogP contribution in [0.5, 0.6) is 5.88 Å². The maximum atomic E-state index is 15.8. The summed E-state index contributed by atoms with van der Waals surface area (Å²) in [5, 5.41) is 9.72. The third kappa shape index (κ3) is 5.76. The fourth-order valence-electron chi connectivity index (χ4n) is 4.95. The van der Waals surface area contributed by atoms with Crippen LogP contribution in [0.15, 0.2) is 24.4 Å². The van der Waals surface area contributed by atoms with Crippen LogP contribution < -0.4 is 4.74 Å². The van der Waals surface area contributed by atoms with Crippen LogP contribution in [0.4, 0.5) is 26.3 Å². The summed E-state index contributed by atoms with van der Waals surface area (Å²) in [6.45, 7) is -0.514. The summed E-state index contributed by atoms with van der Waals surface area (Å²) in [5.41, 5.74) is 0.757. The Hall–Kier alpha value is -2.83. The molecular formula is C26H30F6N4O2. The van der Waals surface area contributed by atoms with E-state index in [4.69, 9.17) is 4.74 Å². The molecule has 12 heteroatoms. The molecule has 2 aromatic heterocycles. The lowest BCUT2D eigenvalue weighted by Gasteiger charge is -2.42. The number of likely N-dealkylation sites (N-methyl/N-ethyl adjacent to an activating group) is 1. The van der Waals surface area contributed by atoms with Crippen LogP contribution in [0.1, 0.15) is 36.2 Å². The molecule has 1 aromatic carbocycles. The molecule has 0 aliphatic carbocycles. The number of aromatic nitrogens is 2. The number of nitrogens with one attached hydrogen (secondary N) is 1. The molecule has 38 heavy (non-hydrogen) atoms. The van der Waals surface area contributed by atoms with Crippen molar-refractivity contribution in [3.63, 3.8) is 0 Å². The molecular weight excluding hydrogens is 514 g/mol. The average Bonchev–Trinajstić information content (AvgIpc) is 3.22. The van der Waals surface area contributed by atoms with Crippen molar-refractivity contribution in [2.75, 3.05) is 46.6 Å². The summed E-state index contributed by atoms with van der Waals surface area (Å²) >= 11 is 0. The molecule has 0 saturated heterocycles. The van der Waals surface area contributed by atoms with Crippen LogP contribution in [-0.2, 0) is 6.42 Å². The first-order chi connectivity index (χ1) is 18.1. The van der Waals surface area contributed by atoms with Crippen molar-refractivity contribution in [2.45, 2.75) is 37.8 Å². The molecule has 2 N–H and O–H groups in total. The lowest BCUT2D eigenvalue weighted by molar-refractivity contribution is -0.0869. The quantitative estimate of drug-likeness (QED) is 0.345. The smallest absolute Gasteiger partial charge is 0.283 e. The highest BCUT2D eigenvalue weighted by atomic mass is 19.3. The molecule has 1 unspecified atom stereocenters. The fraction of sp³-hybridized carbons (Fsp3) is 0.500. The first-order valence-electron chi connectivity index (χ1n) is 12.3. The van der Waals surface area contributed by atoms with Gasteiger partial charge >= 0.3 is 0 Å². The molecule has 3 aromatic rings.